The van der Waals surface area contributed by atoms with Crippen LogP contribution >= 0.6 is 12.4 Å². The molecule has 2 aliphatic rings. The molecule has 23 heavy (non-hydrogen) atoms. The Morgan fingerprint density at radius 1 is 1.39 bits per heavy atom. The van der Waals surface area contributed by atoms with E-state index in [4.69, 9.17) is 0 Å². The first-order valence-corrected chi connectivity index (χ1v) is 7.70. The van der Waals surface area contributed by atoms with Gasteiger partial charge in [0.25, 0.3) is 0 Å². The summed E-state index contributed by atoms with van der Waals surface area (Å²) >= 11 is 0. The monoisotopic (exact) mass is 341 g/mol. The van der Waals surface area contributed by atoms with Gasteiger partial charge < -0.3 is 15.5 Å². The van der Waals surface area contributed by atoms with Crippen LogP contribution in [0.4, 0.5) is 0 Å². The van der Waals surface area contributed by atoms with E-state index in [-0.39, 0.29) is 36.1 Å². The van der Waals surface area contributed by atoms with E-state index < -0.39 is 5.54 Å². The number of aryl methyl sites for hydroxylation is 1. The summed E-state index contributed by atoms with van der Waals surface area (Å²) < 4.78 is 1.76. The van der Waals surface area contributed by atoms with E-state index in [2.05, 4.69) is 15.7 Å². The molecule has 0 spiro atoms. The van der Waals surface area contributed by atoms with Crippen molar-refractivity contribution in [2.75, 3.05) is 26.2 Å². The molecule has 2 fully saturated rings. The number of aromatic nitrogens is 2. The van der Waals surface area contributed by atoms with Crippen LogP contribution < -0.4 is 10.6 Å². The first-order valence-electron chi connectivity index (χ1n) is 7.70. The van der Waals surface area contributed by atoms with Crippen LogP contribution in [0.1, 0.15) is 25.3 Å². The Hall–Kier alpha value is -1.60. The Morgan fingerprint density at radius 2 is 2.13 bits per heavy atom. The highest BCUT2D eigenvalue weighted by Gasteiger charge is 2.45. The summed E-state index contributed by atoms with van der Waals surface area (Å²) in [6, 6.07) is 0. The molecular formula is C15H24ClN5O2. The smallest absolute Gasteiger partial charge is 0.245 e. The second-order valence-corrected chi connectivity index (χ2v) is 6.62. The third-order valence-corrected chi connectivity index (χ3v) is 4.80. The lowest BCUT2D eigenvalue weighted by atomic mass is 9.87. The van der Waals surface area contributed by atoms with Crippen LogP contribution in [0.25, 0.3) is 0 Å². The lowest BCUT2D eigenvalue weighted by Gasteiger charge is -2.42. The molecule has 0 aliphatic carbocycles. The number of rotatable bonds is 2. The second-order valence-electron chi connectivity index (χ2n) is 6.62. The summed E-state index contributed by atoms with van der Waals surface area (Å²) in [4.78, 5) is 26.8. The van der Waals surface area contributed by atoms with Gasteiger partial charge in [-0.2, -0.15) is 5.10 Å². The Balaban J connectivity index is 0.00000192. The summed E-state index contributed by atoms with van der Waals surface area (Å²) in [5.41, 5.74) is 0.280. The van der Waals surface area contributed by atoms with Gasteiger partial charge in [0.2, 0.25) is 11.8 Å². The zero-order chi connectivity index (χ0) is 15.9. The quantitative estimate of drug-likeness (QED) is 0.786. The van der Waals surface area contributed by atoms with Crippen molar-refractivity contribution in [3.63, 3.8) is 0 Å². The number of nitrogens with one attached hydrogen (secondary N) is 2. The van der Waals surface area contributed by atoms with E-state index in [1.807, 2.05) is 19.4 Å². The fraction of sp³-hybridized carbons (Fsp3) is 0.667. The van der Waals surface area contributed by atoms with Gasteiger partial charge in [0.1, 0.15) is 5.54 Å². The van der Waals surface area contributed by atoms with Gasteiger partial charge in [-0.1, -0.05) is 0 Å². The molecule has 2 atom stereocenters. The molecular weight excluding hydrogens is 318 g/mol. The maximum absolute atomic E-state index is 13.0. The van der Waals surface area contributed by atoms with E-state index in [0.29, 0.717) is 19.6 Å². The van der Waals surface area contributed by atoms with Crippen LogP contribution in [-0.4, -0.2) is 58.2 Å². The largest absolute Gasteiger partial charge is 0.352 e. The highest BCUT2D eigenvalue weighted by Crippen LogP contribution is 2.31. The van der Waals surface area contributed by atoms with Gasteiger partial charge >= 0.3 is 0 Å². The van der Waals surface area contributed by atoms with Crippen molar-refractivity contribution >= 4 is 24.2 Å². The van der Waals surface area contributed by atoms with Crippen LogP contribution in [0.5, 0.6) is 0 Å². The SMILES string of the molecule is Cl.Cn1cc([C@H]2CNC[C@@H]2C(=O)N2CCNC(=O)C2(C)C)cn1. The number of amides is 2. The standard InChI is InChI=1S/C15H23N5O2.ClH/c1-15(2)14(22)17-4-5-20(15)13(21)12-8-16-7-11(12)10-6-18-19(3)9-10;/h6,9,11-12,16H,4-5,7-8H2,1-3H3,(H,17,22);1H/t11-,12+;/m1./s1. The molecule has 0 radical (unpaired) electrons. The molecule has 3 rings (SSSR count). The third kappa shape index (κ3) is 3.07. The maximum Gasteiger partial charge on any atom is 0.245 e. The number of nitrogens with zero attached hydrogens (tertiary/aromatic N) is 3. The molecule has 7 nitrogen and oxygen atoms in total. The van der Waals surface area contributed by atoms with Gasteiger partial charge in [0.15, 0.2) is 0 Å². The third-order valence-electron chi connectivity index (χ3n) is 4.80. The fourth-order valence-corrected chi connectivity index (χ4v) is 3.41. The first-order chi connectivity index (χ1) is 10.4. The van der Waals surface area contributed by atoms with Crippen LogP contribution in [0.15, 0.2) is 12.4 Å². The summed E-state index contributed by atoms with van der Waals surface area (Å²) in [6.45, 7) is 6.11. The van der Waals surface area contributed by atoms with E-state index in [1.54, 1.807) is 23.4 Å². The van der Waals surface area contributed by atoms with Gasteiger partial charge in [0, 0.05) is 45.3 Å². The molecule has 2 aliphatic heterocycles. The normalized spacial score (nSPS) is 26.6. The average molecular weight is 342 g/mol. The zero-order valence-electron chi connectivity index (χ0n) is 13.7. The van der Waals surface area contributed by atoms with Crippen LogP contribution in [-0.2, 0) is 16.6 Å². The number of halogens is 1. The van der Waals surface area contributed by atoms with Crippen molar-refractivity contribution in [1.29, 1.82) is 0 Å². The van der Waals surface area contributed by atoms with Crippen LogP contribution in [0.3, 0.4) is 0 Å². The Morgan fingerprint density at radius 3 is 2.78 bits per heavy atom. The highest BCUT2D eigenvalue weighted by atomic mass is 35.5. The molecule has 1 aromatic rings. The van der Waals surface area contributed by atoms with Crippen molar-refractivity contribution < 1.29 is 9.59 Å². The Kier molecular flexibility index (Phi) is 5.01. The molecule has 2 amide bonds. The van der Waals surface area contributed by atoms with Crippen LogP contribution in [0, 0.1) is 5.92 Å². The summed E-state index contributed by atoms with van der Waals surface area (Å²) in [7, 11) is 1.88. The van der Waals surface area contributed by atoms with Gasteiger partial charge in [-0.15, -0.1) is 12.4 Å². The van der Waals surface area contributed by atoms with Gasteiger partial charge in [-0.05, 0) is 19.4 Å². The summed E-state index contributed by atoms with van der Waals surface area (Å²) in [6.07, 6.45) is 3.79. The number of hydrogen-bond donors (Lipinski definition) is 2. The minimum Gasteiger partial charge on any atom is -0.352 e. The van der Waals surface area contributed by atoms with E-state index in [1.165, 1.54) is 0 Å². The van der Waals surface area contributed by atoms with Crippen molar-refractivity contribution in [2.24, 2.45) is 13.0 Å². The Labute approximate surface area is 142 Å². The zero-order valence-corrected chi connectivity index (χ0v) is 14.5. The predicted molar refractivity (Wildman–Crippen MR) is 88.4 cm³/mol. The number of hydrogen-bond acceptors (Lipinski definition) is 4. The minimum atomic E-state index is -0.794. The van der Waals surface area contributed by atoms with E-state index >= 15 is 0 Å². The highest BCUT2D eigenvalue weighted by molar-refractivity contribution is 5.93. The second kappa shape index (κ2) is 6.49. The molecule has 128 valence electrons. The lowest BCUT2D eigenvalue weighted by molar-refractivity contribution is -0.151. The lowest BCUT2D eigenvalue weighted by Crippen LogP contribution is -2.64. The fourth-order valence-electron chi connectivity index (χ4n) is 3.41. The van der Waals surface area contributed by atoms with E-state index in [9.17, 15) is 9.59 Å². The van der Waals surface area contributed by atoms with Gasteiger partial charge in [0.05, 0.1) is 12.1 Å². The Bertz CT molecular complexity index is 600. The van der Waals surface area contributed by atoms with Crippen molar-refractivity contribution in [3.8, 4) is 0 Å². The molecule has 0 unspecified atom stereocenters. The first kappa shape index (κ1) is 17.7. The molecule has 2 saturated heterocycles. The molecule has 2 N–H and O–H groups in total. The topological polar surface area (TPSA) is 79.3 Å². The minimum absolute atomic E-state index is 0. The van der Waals surface area contributed by atoms with Crippen molar-refractivity contribution in [3.05, 3.63) is 18.0 Å². The summed E-state index contributed by atoms with van der Waals surface area (Å²) in [5.74, 6) is -0.0638. The van der Waals surface area contributed by atoms with Crippen molar-refractivity contribution in [1.82, 2.24) is 25.3 Å². The van der Waals surface area contributed by atoms with Gasteiger partial charge in [-0.25, -0.2) is 0 Å². The van der Waals surface area contributed by atoms with Gasteiger partial charge in [-0.3, -0.25) is 14.3 Å². The number of carbonyl (C=O) groups excluding carboxylic acids is 2. The molecule has 0 aromatic carbocycles. The molecule has 1 aromatic heterocycles. The van der Waals surface area contributed by atoms with Crippen LogP contribution in [0.2, 0.25) is 0 Å². The molecule has 0 bridgehead atoms. The number of piperazine rings is 1. The molecule has 3 heterocycles. The maximum atomic E-state index is 13.0. The summed E-state index contributed by atoms with van der Waals surface area (Å²) in [5, 5.41) is 10.3. The van der Waals surface area contributed by atoms with E-state index in [0.717, 1.165) is 12.1 Å². The predicted octanol–water partition coefficient (Wildman–Crippen LogP) is -0.118. The molecule has 0 saturated carbocycles. The number of carbonyl (C=O) groups is 2. The van der Waals surface area contributed by atoms with Crippen molar-refractivity contribution in [2.45, 2.75) is 25.3 Å². The molecule has 8 heteroatoms. The average Bonchev–Trinajstić information content (AvgIpc) is 3.09.